The van der Waals surface area contributed by atoms with Crippen LogP contribution in [0.15, 0.2) is 30.3 Å². The van der Waals surface area contributed by atoms with Gasteiger partial charge in [-0.05, 0) is 31.2 Å². The number of urea groups is 1. The number of hydrogen-bond acceptors (Lipinski definition) is 2. The molecule has 1 saturated carbocycles. The number of piperidine rings is 1. The molecule has 5 nitrogen and oxygen atoms in total. The summed E-state index contributed by atoms with van der Waals surface area (Å²) in [5.74, 6) is -1.23. The molecule has 1 heterocycles. The van der Waals surface area contributed by atoms with Gasteiger partial charge in [0, 0.05) is 25.0 Å². The Balaban J connectivity index is 1.55. The lowest BCUT2D eigenvalue weighted by Crippen LogP contribution is -2.48. The van der Waals surface area contributed by atoms with Gasteiger partial charge in [-0.2, -0.15) is 0 Å². The van der Waals surface area contributed by atoms with Crippen molar-refractivity contribution >= 4 is 12.0 Å². The van der Waals surface area contributed by atoms with E-state index in [0.29, 0.717) is 26.1 Å². The van der Waals surface area contributed by atoms with Crippen molar-refractivity contribution < 1.29 is 14.7 Å². The third kappa shape index (κ3) is 3.08. The van der Waals surface area contributed by atoms with Gasteiger partial charge in [0.15, 0.2) is 0 Å². The molecule has 1 atom stereocenters. The zero-order valence-corrected chi connectivity index (χ0v) is 12.6. The van der Waals surface area contributed by atoms with Crippen molar-refractivity contribution in [2.75, 3.05) is 19.6 Å². The second-order valence-corrected chi connectivity index (χ2v) is 6.43. The number of aliphatic carboxylic acids is 1. The minimum atomic E-state index is -0.805. The lowest BCUT2D eigenvalue weighted by molar-refractivity contribution is -0.143. The number of carboxylic acids is 1. The van der Waals surface area contributed by atoms with Crippen molar-refractivity contribution in [3.8, 4) is 0 Å². The largest absolute Gasteiger partial charge is 0.481 e. The van der Waals surface area contributed by atoms with Crippen LogP contribution in [0.5, 0.6) is 0 Å². The van der Waals surface area contributed by atoms with Gasteiger partial charge in [-0.25, -0.2) is 4.79 Å². The van der Waals surface area contributed by atoms with Gasteiger partial charge in [0.2, 0.25) is 0 Å². The van der Waals surface area contributed by atoms with Crippen molar-refractivity contribution in [2.24, 2.45) is 5.92 Å². The van der Waals surface area contributed by atoms with E-state index >= 15 is 0 Å². The normalized spacial score (nSPS) is 22.9. The summed E-state index contributed by atoms with van der Waals surface area (Å²) in [6, 6.07) is 10.1. The molecule has 0 spiro atoms. The quantitative estimate of drug-likeness (QED) is 0.896. The molecule has 22 heavy (non-hydrogen) atoms. The molecule has 2 aliphatic rings. The van der Waals surface area contributed by atoms with Crippen LogP contribution in [0.25, 0.3) is 0 Å². The molecule has 1 aromatic rings. The first-order chi connectivity index (χ1) is 10.6. The number of rotatable bonds is 4. The average Bonchev–Trinajstić information content (AvgIpc) is 3.35. The van der Waals surface area contributed by atoms with Crippen molar-refractivity contribution in [1.29, 1.82) is 0 Å². The van der Waals surface area contributed by atoms with E-state index in [1.165, 1.54) is 5.56 Å². The molecule has 1 unspecified atom stereocenters. The molecule has 2 N–H and O–H groups in total. The number of carbonyl (C=O) groups excluding carboxylic acids is 1. The standard InChI is InChI=1S/C17H22N2O3/c20-15(21)13-5-4-10-19(11-13)16(22)18-12-17(8-9-17)14-6-2-1-3-7-14/h1-3,6-7,13H,4-5,8-12H2,(H,18,22)(H,20,21). The number of carbonyl (C=O) groups is 2. The fourth-order valence-corrected chi connectivity index (χ4v) is 3.23. The molecule has 1 aliphatic heterocycles. The minimum absolute atomic E-state index is 0.0822. The van der Waals surface area contributed by atoms with Crippen LogP contribution in [0.1, 0.15) is 31.2 Å². The van der Waals surface area contributed by atoms with E-state index in [2.05, 4.69) is 17.4 Å². The molecule has 3 rings (SSSR count). The predicted octanol–water partition coefficient (Wildman–Crippen LogP) is 2.22. The van der Waals surface area contributed by atoms with E-state index in [4.69, 9.17) is 5.11 Å². The van der Waals surface area contributed by atoms with Gasteiger partial charge in [0.1, 0.15) is 0 Å². The maximum absolute atomic E-state index is 12.3. The third-order valence-corrected chi connectivity index (χ3v) is 4.88. The summed E-state index contributed by atoms with van der Waals surface area (Å²) in [6.07, 6.45) is 3.60. The molecule has 2 fully saturated rings. The van der Waals surface area contributed by atoms with Crippen LogP contribution < -0.4 is 5.32 Å². The van der Waals surface area contributed by atoms with Crippen molar-refractivity contribution in [3.05, 3.63) is 35.9 Å². The number of amides is 2. The number of benzene rings is 1. The molecular weight excluding hydrogens is 280 g/mol. The van der Waals surface area contributed by atoms with Crippen LogP contribution in [-0.4, -0.2) is 41.6 Å². The average molecular weight is 302 g/mol. The summed E-state index contributed by atoms with van der Waals surface area (Å²) >= 11 is 0. The Morgan fingerprint density at radius 2 is 2.00 bits per heavy atom. The van der Waals surface area contributed by atoms with Gasteiger partial charge < -0.3 is 15.3 Å². The molecule has 118 valence electrons. The van der Waals surface area contributed by atoms with Gasteiger partial charge in [-0.1, -0.05) is 30.3 Å². The topological polar surface area (TPSA) is 69.6 Å². The second kappa shape index (κ2) is 5.99. The van der Waals surface area contributed by atoms with Crippen molar-refractivity contribution in [1.82, 2.24) is 10.2 Å². The summed E-state index contributed by atoms with van der Waals surface area (Å²) in [5.41, 5.74) is 1.36. The van der Waals surface area contributed by atoms with Crippen LogP contribution in [-0.2, 0) is 10.2 Å². The van der Waals surface area contributed by atoms with E-state index < -0.39 is 11.9 Å². The lowest BCUT2D eigenvalue weighted by atomic mass is 9.96. The fraction of sp³-hybridized carbons (Fsp3) is 0.529. The monoisotopic (exact) mass is 302 g/mol. The third-order valence-electron chi connectivity index (χ3n) is 4.88. The second-order valence-electron chi connectivity index (χ2n) is 6.43. The zero-order chi connectivity index (χ0) is 15.6. The minimum Gasteiger partial charge on any atom is -0.481 e. The molecule has 0 radical (unpaired) electrons. The fourth-order valence-electron chi connectivity index (χ4n) is 3.23. The van der Waals surface area contributed by atoms with Gasteiger partial charge in [0.25, 0.3) is 0 Å². The van der Waals surface area contributed by atoms with E-state index in [9.17, 15) is 9.59 Å². The Morgan fingerprint density at radius 3 is 2.64 bits per heavy atom. The SMILES string of the molecule is O=C(O)C1CCCN(C(=O)NCC2(c3ccccc3)CC2)C1. The molecule has 1 aromatic carbocycles. The van der Waals surface area contributed by atoms with Gasteiger partial charge in [-0.15, -0.1) is 0 Å². The molecule has 2 amide bonds. The van der Waals surface area contributed by atoms with Crippen LogP contribution >= 0.6 is 0 Å². The zero-order valence-electron chi connectivity index (χ0n) is 12.6. The van der Waals surface area contributed by atoms with Crippen molar-refractivity contribution in [2.45, 2.75) is 31.1 Å². The molecule has 1 aliphatic carbocycles. The Hall–Kier alpha value is -2.04. The molecule has 0 aromatic heterocycles. The summed E-state index contributed by atoms with van der Waals surface area (Å²) < 4.78 is 0. The maximum Gasteiger partial charge on any atom is 0.317 e. The molecular formula is C17H22N2O3. The maximum atomic E-state index is 12.3. The summed E-state index contributed by atoms with van der Waals surface area (Å²) in [6.45, 7) is 1.59. The first kappa shape index (κ1) is 14.9. The number of nitrogens with zero attached hydrogens (tertiary/aromatic N) is 1. The van der Waals surface area contributed by atoms with Gasteiger partial charge in [-0.3, -0.25) is 4.79 Å². The van der Waals surface area contributed by atoms with E-state index in [-0.39, 0.29) is 11.4 Å². The Kier molecular flexibility index (Phi) is 4.05. The first-order valence-corrected chi connectivity index (χ1v) is 7.92. The highest BCUT2D eigenvalue weighted by molar-refractivity contribution is 5.76. The van der Waals surface area contributed by atoms with E-state index in [0.717, 1.165) is 19.3 Å². The number of likely N-dealkylation sites (tertiary alicyclic amines) is 1. The van der Waals surface area contributed by atoms with Crippen molar-refractivity contribution in [3.63, 3.8) is 0 Å². The van der Waals surface area contributed by atoms with Crippen LogP contribution in [0.2, 0.25) is 0 Å². The Labute approximate surface area is 130 Å². The number of nitrogens with one attached hydrogen (secondary N) is 1. The Morgan fingerprint density at radius 1 is 1.27 bits per heavy atom. The number of carboxylic acid groups (broad SMARTS) is 1. The number of hydrogen-bond donors (Lipinski definition) is 2. The van der Waals surface area contributed by atoms with E-state index in [1.807, 2.05) is 18.2 Å². The smallest absolute Gasteiger partial charge is 0.317 e. The highest BCUT2D eigenvalue weighted by atomic mass is 16.4. The van der Waals surface area contributed by atoms with Gasteiger partial charge in [0.05, 0.1) is 5.92 Å². The predicted molar refractivity (Wildman–Crippen MR) is 82.7 cm³/mol. The highest BCUT2D eigenvalue weighted by Crippen LogP contribution is 2.47. The van der Waals surface area contributed by atoms with E-state index in [1.54, 1.807) is 4.90 Å². The molecule has 0 bridgehead atoms. The summed E-state index contributed by atoms with van der Waals surface area (Å²) in [4.78, 5) is 25.0. The van der Waals surface area contributed by atoms with Crippen LogP contribution in [0.4, 0.5) is 4.79 Å². The van der Waals surface area contributed by atoms with Gasteiger partial charge >= 0.3 is 12.0 Å². The first-order valence-electron chi connectivity index (χ1n) is 7.92. The molecule has 1 saturated heterocycles. The lowest BCUT2D eigenvalue weighted by Gasteiger charge is -2.31. The highest BCUT2D eigenvalue weighted by Gasteiger charge is 2.44. The Bertz CT molecular complexity index is 554. The summed E-state index contributed by atoms with van der Waals surface area (Å²) in [5, 5.41) is 12.1. The molecule has 5 heteroatoms. The summed E-state index contributed by atoms with van der Waals surface area (Å²) in [7, 11) is 0. The van der Waals surface area contributed by atoms with Crippen LogP contribution in [0.3, 0.4) is 0 Å². The van der Waals surface area contributed by atoms with Crippen LogP contribution in [0, 0.1) is 5.92 Å².